The number of aromatic nitrogens is 2. The number of thiazole rings is 1. The number of hydrogen-bond acceptors (Lipinski definition) is 13. The van der Waals surface area contributed by atoms with E-state index in [2.05, 4.69) is 36.4 Å². The lowest BCUT2D eigenvalue weighted by Gasteiger charge is -2.27. The van der Waals surface area contributed by atoms with Gasteiger partial charge in [0.05, 0.1) is 50.3 Å². The van der Waals surface area contributed by atoms with Crippen molar-refractivity contribution in [3.8, 4) is 11.5 Å². The number of aromatic hydroxyl groups is 1. The van der Waals surface area contributed by atoms with Crippen LogP contribution in [0.4, 0.5) is 0 Å². The number of phenolic OH excluding ortho intramolecular Hbond substituents is 1. The van der Waals surface area contributed by atoms with E-state index in [1.165, 1.54) is 23.6 Å². The second kappa shape index (κ2) is 10.3. The Morgan fingerprint density at radius 3 is 2.36 bits per heavy atom. The van der Waals surface area contributed by atoms with Crippen molar-refractivity contribution in [1.29, 1.82) is 0 Å². The van der Waals surface area contributed by atoms with E-state index in [-0.39, 0.29) is 40.6 Å². The van der Waals surface area contributed by atoms with Crippen molar-refractivity contribution in [3.63, 3.8) is 0 Å². The van der Waals surface area contributed by atoms with Gasteiger partial charge in [-0.2, -0.15) is 5.10 Å². The SMILES string of the molecule is COc1cc(=O)c2c(=O)c3c(c(=O)c=2c1=O)=C(O)[C@]1(CCc2cc4cc(/C=N/NC(=O)c5nc(C)sc5Br)[nH]c(=O)c4c(O)c21)C=3O. The molecule has 236 valence electrons. The summed E-state index contributed by atoms with van der Waals surface area (Å²) in [6.45, 7) is 1.74. The van der Waals surface area contributed by atoms with Gasteiger partial charge in [-0.15, -0.1) is 11.3 Å². The molecule has 14 nitrogen and oxygen atoms in total. The second-order valence-electron chi connectivity index (χ2n) is 11.0. The molecule has 16 heteroatoms. The first-order chi connectivity index (χ1) is 22.3. The van der Waals surface area contributed by atoms with Crippen molar-refractivity contribution in [2.45, 2.75) is 25.2 Å². The Bertz CT molecular complexity index is 2800. The summed E-state index contributed by atoms with van der Waals surface area (Å²) in [5.74, 6) is -3.26. The summed E-state index contributed by atoms with van der Waals surface area (Å²) in [6, 6.07) is 3.80. The van der Waals surface area contributed by atoms with Gasteiger partial charge in [0, 0.05) is 11.6 Å². The maximum absolute atomic E-state index is 13.6. The number of carbonyl (C=O) groups is 1. The summed E-state index contributed by atoms with van der Waals surface area (Å²) in [7, 11) is 1.11. The summed E-state index contributed by atoms with van der Waals surface area (Å²) in [5.41, 5.74) is -4.20. The van der Waals surface area contributed by atoms with E-state index in [0.29, 0.717) is 14.4 Å². The van der Waals surface area contributed by atoms with Gasteiger partial charge >= 0.3 is 0 Å². The largest absolute Gasteiger partial charge is 0.510 e. The molecule has 0 fully saturated rings. The van der Waals surface area contributed by atoms with Crippen molar-refractivity contribution < 1.29 is 24.9 Å². The zero-order valence-electron chi connectivity index (χ0n) is 24.1. The van der Waals surface area contributed by atoms with E-state index < -0.39 is 82.5 Å². The summed E-state index contributed by atoms with van der Waals surface area (Å²) < 4.78 is 5.42. The summed E-state index contributed by atoms with van der Waals surface area (Å²) in [4.78, 5) is 85.3. The molecular weight excluding hydrogens is 700 g/mol. The Balaban J connectivity index is 1.39. The number of aryl methyl sites for hydroxylation is 2. The van der Waals surface area contributed by atoms with Gasteiger partial charge in [0.15, 0.2) is 16.9 Å². The number of aliphatic hydroxyl groups excluding tert-OH is 2. The van der Waals surface area contributed by atoms with Crippen molar-refractivity contribution in [2.75, 3.05) is 7.11 Å². The maximum Gasteiger partial charge on any atom is 0.292 e. The number of pyridine rings is 1. The number of carbonyl (C=O) groups excluding carboxylic acids is 1. The molecule has 0 saturated carbocycles. The Morgan fingerprint density at radius 2 is 1.72 bits per heavy atom. The van der Waals surface area contributed by atoms with Gasteiger partial charge in [-0.25, -0.2) is 10.4 Å². The minimum Gasteiger partial charge on any atom is -0.510 e. The number of methoxy groups -OCH3 is 1. The van der Waals surface area contributed by atoms with Gasteiger partial charge in [0.1, 0.15) is 26.5 Å². The van der Waals surface area contributed by atoms with Crippen LogP contribution in [0.1, 0.15) is 38.7 Å². The number of nitrogens with zero attached hydrogens (tertiary/aromatic N) is 2. The number of halogens is 1. The average Bonchev–Trinajstić information content (AvgIpc) is 3.64. The molecule has 2 aromatic heterocycles. The zero-order valence-corrected chi connectivity index (χ0v) is 26.5. The topological polar surface area (TPSA) is 225 Å². The number of phenols is 1. The van der Waals surface area contributed by atoms with Crippen LogP contribution in [0.25, 0.3) is 22.3 Å². The number of amides is 1. The van der Waals surface area contributed by atoms with E-state index in [4.69, 9.17) is 4.74 Å². The van der Waals surface area contributed by atoms with Crippen LogP contribution < -0.4 is 47.9 Å². The van der Waals surface area contributed by atoms with E-state index in [9.17, 15) is 44.1 Å². The molecule has 0 unspecified atom stereocenters. The number of hydrazone groups is 1. The minimum absolute atomic E-state index is 0.107. The molecule has 1 atom stereocenters. The van der Waals surface area contributed by atoms with Gasteiger partial charge in [-0.3, -0.25) is 28.8 Å². The Morgan fingerprint density at radius 1 is 1.04 bits per heavy atom. The third-order valence-electron chi connectivity index (χ3n) is 8.55. The van der Waals surface area contributed by atoms with Gasteiger partial charge in [-0.1, -0.05) is 6.07 Å². The fourth-order valence-corrected chi connectivity index (χ4v) is 8.20. The van der Waals surface area contributed by atoms with Crippen LogP contribution in [0.15, 0.2) is 51.1 Å². The number of rotatable bonds is 4. The molecule has 1 aromatic carbocycles. The number of aliphatic hydroxyl groups is 2. The van der Waals surface area contributed by atoms with Gasteiger partial charge in [0.25, 0.3) is 11.5 Å². The highest BCUT2D eigenvalue weighted by Crippen LogP contribution is 2.54. The molecule has 5 N–H and O–H groups in total. The van der Waals surface area contributed by atoms with Crippen molar-refractivity contribution in [3.05, 3.63) is 122 Å². The molecule has 7 rings (SSSR count). The zero-order chi connectivity index (χ0) is 33.7. The molecule has 2 heterocycles. The summed E-state index contributed by atoms with van der Waals surface area (Å²) in [6.07, 6.45) is 1.17. The van der Waals surface area contributed by atoms with Crippen LogP contribution >= 0.6 is 27.3 Å². The molecule has 47 heavy (non-hydrogen) atoms. The first-order valence-corrected chi connectivity index (χ1v) is 15.4. The van der Waals surface area contributed by atoms with Crippen LogP contribution in [0.3, 0.4) is 0 Å². The molecule has 3 aromatic rings. The number of nitrogens with one attached hydrogen (secondary N) is 2. The van der Waals surface area contributed by atoms with Crippen LogP contribution in [0.5, 0.6) is 11.5 Å². The smallest absolute Gasteiger partial charge is 0.292 e. The molecule has 1 spiro atoms. The van der Waals surface area contributed by atoms with Gasteiger partial charge in [-0.05, 0) is 52.7 Å². The minimum atomic E-state index is -2.01. The molecule has 0 bridgehead atoms. The molecule has 0 saturated heterocycles. The predicted octanol–water partition coefficient (Wildman–Crippen LogP) is -0.195. The monoisotopic (exact) mass is 718 g/mol. The third kappa shape index (κ3) is 4.01. The van der Waals surface area contributed by atoms with Crippen LogP contribution in [0, 0.1) is 17.4 Å². The summed E-state index contributed by atoms with van der Waals surface area (Å²) >= 11 is 4.54. The lowest BCUT2D eigenvalue weighted by atomic mass is 9.78. The molecule has 0 aliphatic heterocycles. The molecule has 0 radical (unpaired) electrons. The molecule has 4 aliphatic carbocycles. The first kappa shape index (κ1) is 30.2. The van der Waals surface area contributed by atoms with Crippen LogP contribution in [-0.2, 0) is 11.8 Å². The quantitative estimate of drug-likeness (QED) is 0.121. The van der Waals surface area contributed by atoms with Crippen molar-refractivity contribution >= 4 is 61.7 Å². The number of H-pyrrole nitrogens is 1. The molecular formula is C31H19BrN4O10S. The number of aromatic amines is 1. The highest BCUT2D eigenvalue weighted by Gasteiger charge is 2.53. The van der Waals surface area contributed by atoms with Crippen LogP contribution in [-0.4, -0.2) is 44.5 Å². The maximum atomic E-state index is 13.6. The predicted molar refractivity (Wildman–Crippen MR) is 173 cm³/mol. The molecule has 4 aliphatic rings. The van der Waals surface area contributed by atoms with E-state index in [0.717, 1.165) is 13.2 Å². The third-order valence-corrected chi connectivity index (χ3v) is 10.2. The highest BCUT2D eigenvalue weighted by atomic mass is 79.9. The molecule has 1 amide bonds. The Labute approximate surface area is 271 Å². The summed E-state index contributed by atoms with van der Waals surface area (Å²) in [5, 5.41) is 36.4. The van der Waals surface area contributed by atoms with E-state index >= 15 is 0 Å². The Kier molecular flexibility index (Phi) is 6.59. The highest BCUT2D eigenvalue weighted by molar-refractivity contribution is 9.11. The number of ether oxygens (including phenoxy) is 1. The second-order valence-corrected chi connectivity index (χ2v) is 13.5. The Hall–Kier alpha value is -5.48. The fourth-order valence-electron chi connectivity index (χ4n) is 6.59. The van der Waals surface area contributed by atoms with Gasteiger partial charge < -0.3 is 25.0 Å². The number of benzene rings is 1. The van der Waals surface area contributed by atoms with Crippen molar-refractivity contribution in [1.82, 2.24) is 15.4 Å². The standard InChI is InChI=1S/C31H19BrN4O10S/c1-9-34-21(28(32)47-9)30(45)36-33-8-12-6-11-5-10-3-4-31(20(10)25(41)15(11)29(44)35-12)26(42)18-19(27(31)43)24(40)17-16(23(18)39)13(37)7-14(46-2)22(17)38/h5-8,41-43H,3-4H2,1-2H3,(H,35,44)(H,36,45)/b33-8+/t31-/m0/s1. The van der Waals surface area contributed by atoms with Crippen molar-refractivity contribution in [2.24, 2.45) is 5.10 Å². The normalized spacial score (nSPS) is 16.9. The van der Waals surface area contributed by atoms with E-state index in [1.54, 1.807) is 13.0 Å². The number of hydrogen-bond donors (Lipinski definition) is 5. The van der Waals surface area contributed by atoms with Gasteiger partial charge in [0.2, 0.25) is 16.3 Å². The number of fused-ring (bicyclic) bond motifs is 4. The fraction of sp³-hybridized carbons (Fsp3) is 0.161. The van der Waals surface area contributed by atoms with Crippen LogP contribution in [0.2, 0.25) is 0 Å². The average molecular weight is 719 g/mol. The lowest BCUT2D eigenvalue weighted by molar-refractivity contribution is 0.0950. The van der Waals surface area contributed by atoms with E-state index in [1.807, 2.05) is 0 Å². The lowest BCUT2D eigenvalue weighted by Crippen LogP contribution is -2.51. The first-order valence-electron chi connectivity index (χ1n) is 13.8.